The summed E-state index contributed by atoms with van der Waals surface area (Å²) in [5, 5.41) is 7.19. The Labute approximate surface area is 180 Å². The minimum absolute atomic E-state index is 0.0490. The molecule has 0 aliphatic carbocycles. The fourth-order valence-corrected chi connectivity index (χ4v) is 3.74. The Hall–Kier alpha value is -2.51. The Morgan fingerprint density at radius 2 is 2.00 bits per heavy atom. The molecule has 0 fully saturated rings. The van der Waals surface area contributed by atoms with E-state index in [0.29, 0.717) is 15.8 Å². The monoisotopic (exact) mass is 434 g/mol. The average molecular weight is 435 g/mol. The number of hydrogen-bond acceptors (Lipinski definition) is 5. The zero-order valence-electron chi connectivity index (χ0n) is 16.7. The van der Waals surface area contributed by atoms with E-state index in [4.69, 9.17) is 38.0 Å². The van der Waals surface area contributed by atoms with Gasteiger partial charge < -0.3 is 24.8 Å². The maximum Gasteiger partial charge on any atom is 0.339 e. The van der Waals surface area contributed by atoms with Crippen LogP contribution in [0.4, 0.5) is 5.69 Å². The zero-order chi connectivity index (χ0) is 21.2. The number of halogens is 1. The summed E-state index contributed by atoms with van der Waals surface area (Å²) in [7, 11) is 2.93. The number of benzene rings is 2. The highest BCUT2D eigenvalue weighted by molar-refractivity contribution is 7.80. The predicted octanol–water partition coefficient (Wildman–Crippen LogP) is 4.72. The van der Waals surface area contributed by atoms with Crippen LogP contribution in [-0.2, 0) is 4.74 Å². The van der Waals surface area contributed by atoms with Gasteiger partial charge in [-0.3, -0.25) is 0 Å². The highest BCUT2D eigenvalue weighted by atomic mass is 35.5. The molecule has 0 spiro atoms. The van der Waals surface area contributed by atoms with Crippen LogP contribution in [0.3, 0.4) is 0 Å². The number of hydrogen-bond donors (Lipinski definition) is 2. The van der Waals surface area contributed by atoms with Crippen molar-refractivity contribution in [2.75, 3.05) is 19.5 Å². The van der Waals surface area contributed by atoms with Crippen molar-refractivity contribution in [3.05, 3.63) is 52.5 Å². The van der Waals surface area contributed by atoms with Crippen LogP contribution in [-0.4, -0.2) is 30.9 Å². The molecular formula is C21H23ClN2O4S. The first kappa shape index (κ1) is 21.2. The summed E-state index contributed by atoms with van der Waals surface area (Å²) in [5.74, 6) is 0.990. The minimum atomic E-state index is -0.508. The Kier molecular flexibility index (Phi) is 6.19. The molecule has 0 aromatic heterocycles. The molecule has 154 valence electrons. The van der Waals surface area contributed by atoms with Gasteiger partial charge in [0.25, 0.3) is 0 Å². The van der Waals surface area contributed by atoms with Crippen LogP contribution in [0.25, 0.3) is 0 Å². The lowest BCUT2D eigenvalue weighted by Gasteiger charge is -2.38. The third-order valence-corrected chi connectivity index (χ3v) is 5.16. The Morgan fingerprint density at radius 1 is 1.24 bits per heavy atom. The average Bonchev–Trinajstić information content (AvgIpc) is 2.67. The van der Waals surface area contributed by atoms with E-state index < -0.39 is 5.97 Å². The number of methoxy groups -OCH3 is 2. The maximum absolute atomic E-state index is 11.8. The van der Waals surface area contributed by atoms with Crippen LogP contribution in [0, 0.1) is 0 Å². The van der Waals surface area contributed by atoms with E-state index in [2.05, 4.69) is 10.6 Å². The fourth-order valence-electron chi connectivity index (χ4n) is 3.28. The number of thiocarbonyl (C=S) groups is 1. The molecule has 0 radical (unpaired) electrons. The molecule has 2 aromatic rings. The number of anilines is 1. The van der Waals surface area contributed by atoms with E-state index in [9.17, 15) is 4.79 Å². The number of fused-ring (bicyclic) bond motifs is 1. The lowest BCUT2D eigenvalue weighted by Crippen LogP contribution is -2.42. The molecule has 1 heterocycles. The Morgan fingerprint density at radius 3 is 2.69 bits per heavy atom. The summed E-state index contributed by atoms with van der Waals surface area (Å²) in [5.41, 5.74) is 1.53. The lowest BCUT2D eigenvalue weighted by molar-refractivity contribution is 0.0600. The van der Waals surface area contributed by atoms with Gasteiger partial charge in [0.1, 0.15) is 17.1 Å². The van der Waals surface area contributed by atoms with Gasteiger partial charge in [0.15, 0.2) is 5.11 Å². The summed E-state index contributed by atoms with van der Waals surface area (Å²) >= 11 is 11.6. The molecule has 3 rings (SSSR count). The van der Waals surface area contributed by atoms with Gasteiger partial charge in [0.05, 0.1) is 30.8 Å². The van der Waals surface area contributed by atoms with Crippen LogP contribution in [0.15, 0.2) is 36.4 Å². The van der Waals surface area contributed by atoms with E-state index >= 15 is 0 Å². The molecule has 29 heavy (non-hydrogen) atoms. The Bertz CT molecular complexity index is 948. The zero-order valence-corrected chi connectivity index (χ0v) is 18.2. The second-order valence-electron chi connectivity index (χ2n) is 7.31. The topological polar surface area (TPSA) is 68.8 Å². The second-order valence-corrected chi connectivity index (χ2v) is 8.12. The van der Waals surface area contributed by atoms with Gasteiger partial charge in [-0.1, -0.05) is 11.6 Å². The highest BCUT2D eigenvalue weighted by Crippen LogP contribution is 2.41. The molecule has 0 unspecified atom stereocenters. The highest BCUT2D eigenvalue weighted by Gasteiger charge is 2.34. The van der Waals surface area contributed by atoms with Gasteiger partial charge in [0, 0.05) is 23.7 Å². The Balaban J connectivity index is 1.78. The SMILES string of the molecule is COC(=O)c1cc(NC(=S)N[C@H]2CC(C)(C)Oc3cc(OC)ccc32)ccc1Cl. The number of esters is 1. The van der Waals surface area contributed by atoms with Crippen LogP contribution in [0.2, 0.25) is 5.02 Å². The molecule has 6 nitrogen and oxygen atoms in total. The maximum atomic E-state index is 11.8. The molecule has 1 aliphatic heterocycles. The summed E-state index contributed by atoms with van der Waals surface area (Å²) < 4.78 is 16.2. The van der Waals surface area contributed by atoms with Crippen molar-refractivity contribution in [1.29, 1.82) is 0 Å². The van der Waals surface area contributed by atoms with E-state index in [1.165, 1.54) is 7.11 Å². The number of rotatable bonds is 4. The van der Waals surface area contributed by atoms with Gasteiger partial charge in [-0.25, -0.2) is 4.79 Å². The molecule has 1 atom stereocenters. The first-order valence-corrected chi connectivity index (χ1v) is 9.83. The molecule has 0 bridgehead atoms. The van der Waals surface area contributed by atoms with Crippen LogP contribution in [0.5, 0.6) is 11.5 Å². The van der Waals surface area contributed by atoms with Crippen molar-refractivity contribution >= 4 is 40.6 Å². The van der Waals surface area contributed by atoms with Gasteiger partial charge in [0.2, 0.25) is 0 Å². The molecule has 1 aliphatic rings. The normalized spacial score (nSPS) is 16.8. The van der Waals surface area contributed by atoms with Crippen molar-refractivity contribution in [3.63, 3.8) is 0 Å². The van der Waals surface area contributed by atoms with Crippen molar-refractivity contribution in [3.8, 4) is 11.5 Å². The van der Waals surface area contributed by atoms with Crippen LogP contribution in [0.1, 0.15) is 42.2 Å². The number of ether oxygens (including phenoxy) is 3. The van der Waals surface area contributed by atoms with Gasteiger partial charge in [-0.05, 0) is 56.4 Å². The van der Waals surface area contributed by atoms with Crippen LogP contribution >= 0.6 is 23.8 Å². The van der Waals surface area contributed by atoms with Gasteiger partial charge >= 0.3 is 5.97 Å². The van der Waals surface area contributed by atoms with E-state index in [0.717, 1.165) is 23.5 Å². The van der Waals surface area contributed by atoms with Crippen molar-refractivity contribution < 1.29 is 19.0 Å². The van der Waals surface area contributed by atoms with E-state index in [1.54, 1.807) is 25.3 Å². The van der Waals surface area contributed by atoms with E-state index in [-0.39, 0.29) is 17.2 Å². The number of carbonyl (C=O) groups excluding carboxylic acids is 1. The fraction of sp³-hybridized carbons (Fsp3) is 0.333. The van der Waals surface area contributed by atoms with Crippen LogP contribution < -0.4 is 20.1 Å². The summed E-state index contributed by atoms with van der Waals surface area (Å²) in [6.45, 7) is 4.06. The summed E-state index contributed by atoms with van der Waals surface area (Å²) in [4.78, 5) is 11.8. The molecule has 8 heteroatoms. The predicted molar refractivity (Wildman–Crippen MR) is 117 cm³/mol. The molecule has 0 amide bonds. The molecule has 2 aromatic carbocycles. The molecule has 0 saturated heterocycles. The quantitative estimate of drug-likeness (QED) is 0.532. The second kappa shape index (κ2) is 8.47. The van der Waals surface area contributed by atoms with Crippen molar-refractivity contribution in [2.24, 2.45) is 0 Å². The van der Waals surface area contributed by atoms with Gasteiger partial charge in [-0.15, -0.1) is 0 Å². The molecule has 0 saturated carbocycles. The number of carbonyl (C=O) groups is 1. The molecule has 2 N–H and O–H groups in total. The van der Waals surface area contributed by atoms with Gasteiger partial charge in [-0.2, -0.15) is 0 Å². The lowest BCUT2D eigenvalue weighted by atomic mass is 9.89. The third-order valence-electron chi connectivity index (χ3n) is 4.61. The number of nitrogens with one attached hydrogen (secondary N) is 2. The standard InChI is InChI=1S/C21H23ClN2O4S/c1-21(2)11-17(14-7-6-13(26-3)10-18(14)28-21)24-20(29)23-12-5-8-16(22)15(9-12)19(25)27-4/h5-10,17H,11H2,1-4H3,(H2,23,24,29)/t17-/m0/s1. The molecular weight excluding hydrogens is 412 g/mol. The minimum Gasteiger partial charge on any atom is -0.497 e. The smallest absolute Gasteiger partial charge is 0.339 e. The first-order valence-electron chi connectivity index (χ1n) is 9.05. The van der Waals surface area contributed by atoms with Crippen molar-refractivity contribution in [2.45, 2.75) is 31.9 Å². The van der Waals surface area contributed by atoms with E-state index in [1.807, 2.05) is 32.0 Å². The van der Waals surface area contributed by atoms with Crippen molar-refractivity contribution in [1.82, 2.24) is 5.32 Å². The largest absolute Gasteiger partial charge is 0.497 e. The summed E-state index contributed by atoms with van der Waals surface area (Å²) in [6.07, 6.45) is 0.724. The third kappa shape index (κ3) is 4.92. The summed E-state index contributed by atoms with van der Waals surface area (Å²) in [6, 6.07) is 10.7. The first-order chi connectivity index (χ1) is 13.7.